The van der Waals surface area contributed by atoms with Crippen molar-refractivity contribution in [2.24, 2.45) is 5.10 Å². The summed E-state index contributed by atoms with van der Waals surface area (Å²) in [6.07, 6.45) is -3.27. The first-order valence-corrected chi connectivity index (χ1v) is 6.59. The largest absolute Gasteiger partial charge is 0.453 e. The van der Waals surface area contributed by atoms with Gasteiger partial charge in [0.05, 0.1) is 5.71 Å². The third-order valence-electron chi connectivity index (χ3n) is 3.17. The van der Waals surface area contributed by atoms with Crippen molar-refractivity contribution in [3.63, 3.8) is 0 Å². The molecule has 1 aromatic carbocycles. The number of hydrazone groups is 1. The fourth-order valence-electron chi connectivity index (χ4n) is 2.01. The minimum absolute atomic E-state index is 0.337. The molecule has 0 radical (unpaired) electrons. The van der Waals surface area contributed by atoms with Crippen LogP contribution >= 0.6 is 0 Å². The number of nitrogens with one attached hydrogen (secondary N) is 1. The number of hydrogen-bond acceptors (Lipinski definition) is 4. The van der Waals surface area contributed by atoms with Crippen LogP contribution in [0.3, 0.4) is 0 Å². The summed E-state index contributed by atoms with van der Waals surface area (Å²) >= 11 is 0. The lowest BCUT2D eigenvalue weighted by Gasteiger charge is -2.26. The highest BCUT2D eigenvalue weighted by Crippen LogP contribution is 2.28. The molecule has 6 nitrogen and oxygen atoms in total. The number of rotatable bonds is 5. The Morgan fingerprint density at radius 2 is 1.91 bits per heavy atom. The molecule has 0 spiro atoms. The Hall–Kier alpha value is -2.71. The highest BCUT2D eigenvalue weighted by Gasteiger charge is 2.38. The molecule has 0 bridgehead atoms. The summed E-state index contributed by atoms with van der Waals surface area (Å²) in [5, 5.41) is 7.45. The van der Waals surface area contributed by atoms with E-state index in [4.69, 9.17) is 0 Å². The third-order valence-corrected chi connectivity index (χ3v) is 3.17. The van der Waals surface area contributed by atoms with E-state index in [1.54, 1.807) is 44.2 Å². The number of nitrogens with zero attached hydrogens (tertiary/aromatic N) is 4. The molecule has 23 heavy (non-hydrogen) atoms. The van der Waals surface area contributed by atoms with Gasteiger partial charge in [-0.25, -0.2) is 15.1 Å². The van der Waals surface area contributed by atoms with Crippen LogP contribution in [-0.4, -0.2) is 26.9 Å². The molecule has 2 rings (SSSR count). The quantitative estimate of drug-likeness (QED) is 0.520. The fraction of sp³-hybridized carbons (Fsp3) is 0.286. The SMILES string of the molecule is CC(C)(/C(=N\NC=O)c1ccccc1)n1cnc(C(F)(F)F)n1. The van der Waals surface area contributed by atoms with Crippen LogP contribution in [0.1, 0.15) is 25.2 Å². The van der Waals surface area contributed by atoms with Crippen molar-refractivity contribution in [2.45, 2.75) is 25.6 Å². The van der Waals surface area contributed by atoms with Crippen LogP contribution in [0.25, 0.3) is 0 Å². The van der Waals surface area contributed by atoms with Crippen LogP contribution in [0.15, 0.2) is 41.8 Å². The van der Waals surface area contributed by atoms with Gasteiger partial charge in [-0.3, -0.25) is 4.79 Å². The van der Waals surface area contributed by atoms with Crippen LogP contribution in [0, 0.1) is 0 Å². The number of carbonyl (C=O) groups is 1. The zero-order valence-corrected chi connectivity index (χ0v) is 12.4. The van der Waals surface area contributed by atoms with Crippen molar-refractivity contribution in [3.8, 4) is 0 Å². The molecule has 0 aliphatic heterocycles. The summed E-state index contributed by atoms with van der Waals surface area (Å²) in [6.45, 7) is 3.25. The Balaban J connectivity index is 2.48. The predicted molar refractivity (Wildman–Crippen MR) is 76.5 cm³/mol. The van der Waals surface area contributed by atoms with E-state index in [1.807, 2.05) is 0 Å². The highest BCUT2D eigenvalue weighted by atomic mass is 19.4. The Morgan fingerprint density at radius 3 is 2.43 bits per heavy atom. The smallest absolute Gasteiger partial charge is 0.277 e. The molecule has 1 amide bonds. The summed E-state index contributed by atoms with van der Waals surface area (Å²) in [5.74, 6) is -1.23. The topological polar surface area (TPSA) is 72.2 Å². The van der Waals surface area contributed by atoms with E-state index in [-0.39, 0.29) is 0 Å². The highest BCUT2D eigenvalue weighted by molar-refractivity contribution is 6.05. The van der Waals surface area contributed by atoms with Crippen LogP contribution < -0.4 is 5.43 Å². The summed E-state index contributed by atoms with van der Waals surface area (Å²) in [6, 6.07) is 8.76. The summed E-state index contributed by atoms with van der Waals surface area (Å²) in [7, 11) is 0. The van der Waals surface area contributed by atoms with Gasteiger partial charge < -0.3 is 0 Å². The lowest BCUT2D eigenvalue weighted by atomic mass is 9.92. The molecule has 0 atom stereocenters. The van der Waals surface area contributed by atoms with Gasteiger partial charge in [0.25, 0.3) is 5.82 Å². The maximum Gasteiger partial charge on any atom is 0.453 e. The average molecular weight is 325 g/mol. The molecule has 0 unspecified atom stereocenters. The van der Waals surface area contributed by atoms with Crippen LogP contribution in [-0.2, 0) is 16.5 Å². The molecular weight excluding hydrogens is 311 g/mol. The van der Waals surface area contributed by atoms with E-state index >= 15 is 0 Å². The van der Waals surface area contributed by atoms with Crippen molar-refractivity contribution in [1.29, 1.82) is 0 Å². The predicted octanol–water partition coefficient (Wildman–Crippen LogP) is 2.18. The Morgan fingerprint density at radius 1 is 1.26 bits per heavy atom. The van der Waals surface area contributed by atoms with Crippen molar-refractivity contribution in [3.05, 3.63) is 48.0 Å². The van der Waals surface area contributed by atoms with Gasteiger partial charge in [-0.05, 0) is 13.8 Å². The minimum atomic E-state index is -4.63. The van der Waals surface area contributed by atoms with Gasteiger partial charge in [-0.1, -0.05) is 30.3 Å². The molecule has 0 aliphatic rings. The van der Waals surface area contributed by atoms with Gasteiger partial charge in [0.2, 0.25) is 6.41 Å². The Kier molecular flexibility index (Phi) is 4.48. The number of hydrogen-bond donors (Lipinski definition) is 1. The van der Waals surface area contributed by atoms with Gasteiger partial charge in [0.1, 0.15) is 11.9 Å². The second-order valence-electron chi connectivity index (χ2n) is 5.14. The lowest BCUT2D eigenvalue weighted by Crippen LogP contribution is -2.38. The van der Waals surface area contributed by atoms with E-state index in [1.165, 1.54) is 0 Å². The first-order valence-electron chi connectivity index (χ1n) is 6.59. The summed E-state index contributed by atoms with van der Waals surface area (Å²) in [5.41, 5.74) is 2.08. The van der Waals surface area contributed by atoms with Crippen molar-refractivity contribution < 1.29 is 18.0 Å². The van der Waals surface area contributed by atoms with Gasteiger partial charge in [-0.15, -0.1) is 5.10 Å². The maximum absolute atomic E-state index is 12.7. The van der Waals surface area contributed by atoms with Crippen LogP contribution in [0.4, 0.5) is 13.2 Å². The maximum atomic E-state index is 12.7. The van der Waals surface area contributed by atoms with E-state index in [2.05, 4.69) is 20.6 Å². The molecule has 1 N–H and O–H groups in total. The molecule has 1 heterocycles. The minimum Gasteiger partial charge on any atom is -0.277 e. The first kappa shape index (κ1) is 16.7. The van der Waals surface area contributed by atoms with Crippen LogP contribution in [0.5, 0.6) is 0 Å². The van der Waals surface area contributed by atoms with E-state index in [0.717, 1.165) is 11.0 Å². The van der Waals surface area contributed by atoms with Gasteiger partial charge in [-0.2, -0.15) is 18.3 Å². The molecule has 0 saturated carbocycles. The van der Waals surface area contributed by atoms with Crippen LogP contribution in [0.2, 0.25) is 0 Å². The van der Waals surface area contributed by atoms with E-state index in [0.29, 0.717) is 17.7 Å². The van der Waals surface area contributed by atoms with Crippen molar-refractivity contribution in [2.75, 3.05) is 0 Å². The molecule has 1 aromatic heterocycles. The second kappa shape index (κ2) is 6.19. The van der Waals surface area contributed by atoms with E-state index in [9.17, 15) is 18.0 Å². The molecule has 9 heteroatoms. The second-order valence-corrected chi connectivity index (χ2v) is 5.14. The first-order chi connectivity index (χ1) is 10.8. The van der Waals surface area contributed by atoms with Gasteiger partial charge in [0.15, 0.2) is 0 Å². The third kappa shape index (κ3) is 3.55. The molecule has 122 valence electrons. The van der Waals surface area contributed by atoms with Gasteiger partial charge >= 0.3 is 6.18 Å². The molecule has 0 fully saturated rings. The Labute approximate surface area is 130 Å². The lowest BCUT2D eigenvalue weighted by molar-refractivity contribution is -0.145. The number of carbonyl (C=O) groups excluding carboxylic acids is 1. The standard InChI is InChI=1S/C14H14F3N5O/c1-13(2,22-8-18-12(21-22)14(15,16)17)11(20-19-9-23)10-6-4-3-5-7-10/h3-9H,1-2H3,(H,19,23)/b20-11-. The zero-order valence-electron chi connectivity index (χ0n) is 12.4. The number of aromatic nitrogens is 3. The molecule has 2 aromatic rings. The average Bonchev–Trinajstić information content (AvgIpc) is 2.99. The zero-order chi connectivity index (χ0) is 17.1. The molecular formula is C14H14F3N5O. The summed E-state index contributed by atoms with van der Waals surface area (Å²) in [4.78, 5) is 13.8. The van der Waals surface area contributed by atoms with Gasteiger partial charge in [0, 0.05) is 5.56 Å². The monoisotopic (exact) mass is 325 g/mol. The fourth-order valence-corrected chi connectivity index (χ4v) is 2.01. The number of benzene rings is 1. The van der Waals surface area contributed by atoms with Crippen molar-refractivity contribution in [1.82, 2.24) is 20.2 Å². The van der Waals surface area contributed by atoms with E-state index < -0.39 is 17.5 Å². The summed E-state index contributed by atoms with van der Waals surface area (Å²) < 4.78 is 39.1. The normalized spacial score (nSPS) is 13.0. The number of halogens is 3. The number of alkyl halides is 3. The molecule has 0 saturated heterocycles. The molecule has 0 aliphatic carbocycles. The number of amides is 1. The van der Waals surface area contributed by atoms with Crippen molar-refractivity contribution >= 4 is 12.1 Å². The Bertz CT molecular complexity index is 707.